The van der Waals surface area contributed by atoms with Crippen molar-refractivity contribution >= 4 is 35.5 Å². The molecule has 2 aliphatic carbocycles. The molecule has 70 heavy (non-hydrogen) atoms. The number of hydrogen-bond acceptors (Lipinski definition) is 15. The Morgan fingerprint density at radius 3 is 2.14 bits per heavy atom. The first kappa shape index (κ1) is 50.4. The maximum absolute atomic E-state index is 13.6. The molecule has 5 aliphatic rings. The van der Waals surface area contributed by atoms with E-state index in [0.717, 1.165) is 67.9 Å². The second-order valence-corrected chi connectivity index (χ2v) is 20.5. The number of benzene rings is 2. The Bertz CT molecular complexity index is 2460. The van der Waals surface area contributed by atoms with E-state index in [-0.39, 0.29) is 65.0 Å². The summed E-state index contributed by atoms with van der Waals surface area (Å²) < 4.78 is 29.5. The van der Waals surface area contributed by atoms with E-state index in [1.165, 1.54) is 0 Å². The number of piperidine rings is 2. The van der Waals surface area contributed by atoms with Crippen LogP contribution in [0.1, 0.15) is 114 Å². The van der Waals surface area contributed by atoms with Crippen molar-refractivity contribution in [1.82, 2.24) is 30.4 Å². The van der Waals surface area contributed by atoms with Gasteiger partial charge < -0.3 is 33.9 Å². The maximum Gasteiger partial charge on any atom is 0.262 e. The van der Waals surface area contributed by atoms with Gasteiger partial charge in [-0.05, 0) is 80.5 Å². The van der Waals surface area contributed by atoms with Crippen molar-refractivity contribution in [3.8, 4) is 17.6 Å². The summed E-state index contributed by atoms with van der Waals surface area (Å²) in [5, 5.41) is 15.0. The topological polar surface area (TPSA) is 215 Å². The largest absolute Gasteiger partial charge is 0.490 e. The molecule has 0 spiro atoms. The SMILES string of the molecule is COCCOCCOCCN(CC1CCN(c2ncc(C(=O)NC3C(C)(C)C(Oc4cc(C)c(C#N)c(C)c4)C3(C)C)cn2)CC1)C1CC(Oc2ccc3c(c2)C(=O)N(C2CCC(=O)NC2=O)C3=O)C1. The van der Waals surface area contributed by atoms with Crippen LogP contribution in [0, 0.1) is 41.9 Å². The van der Waals surface area contributed by atoms with E-state index in [9.17, 15) is 29.2 Å². The number of fused-ring (bicyclic) bond motifs is 1. The van der Waals surface area contributed by atoms with Crippen LogP contribution in [-0.4, -0.2) is 146 Å². The van der Waals surface area contributed by atoms with Crippen LogP contribution in [0.4, 0.5) is 5.95 Å². The van der Waals surface area contributed by atoms with Gasteiger partial charge in [0.1, 0.15) is 29.7 Å². The van der Waals surface area contributed by atoms with Crippen LogP contribution in [0.5, 0.6) is 11.5 Å². The molecule has 18 heteroatoms. The van der Waals surface area contributed by atoms with Crippen LogP contribution >= 0.6 is 0 Å². The second-order valence-electron chi connectivity index (χ2n) is 20.5. The van der Waals surface area contributed by atoms with Crippen molar-refractivity contribution in [2.24, 2.45) is 16.7 Å². The van der Waals surface area contributed by atoms with Crippen molar-refractivity contribution in [3.05, 3.63) is 76.1 Å². The molecule has 1 aromatic heterocycles. The van der Waals surface area contributed by atoms with Gasteiger partial charge in [-0.25, -0.2) is 9.97 Å². The Balaban J connectivity index is 0.825. The fraction of sp³-hybridized carbons (Fsp3) is 0.577. The summed E-state index contributed by atoms with van der Waals surface area (Å²) in [4.78, 5) is 79.4. The molecule has 4 heterocycles. The molecule has 4 fully saturated rings. The van der Waals surface area contributed by atoms with Gasteiger partial charge in [-0.3, -0.25) is 39.1 Å². The number of anilines is 1. The lowest BCUT2D eigenvalue weighted by Gasteiger charge is -2.63. The first-order valence-corrected chi connectivity index (χ1v) is 24.5. The second kappa shape index (κ2) is 21.2. The number of methoxy groups -OCH3 is 1. The molecule has 2 N–H and O–H groups in total. The van der Waals surface area contributed by atoms with E-state index in [4.69, 9.17) is 23.7 Å². The van der Waals surface area contributed by atoms with Crippen LogP contribution in [0.2, 0.25) is 0 Å². The molecule has 18 nitrogen and oxygen atoms in total. The summed E-state index contributed by atoms with van der Waals surface area (Å²) in [6.07, 6.45) is 6.54. The lowest BCUT2D eigenvalue weighted by atomic mass is 9.49. The Kier molecular flexibility index (Phi) is 15.2. The highest BCUT2D eigenvalue weighted by atomic mass is 16.5. The lowest BCUT2D eigenvalue weighted by Crippen LogP contribution is -2.74. The molecule has 5 amide bonds. The molecule has 3 aromatic rings. The van der Waals surface area contributed by atoms with Gasteiger partial charge >= 0.3 is 0 Å². The molecule has 3 aliphatic heterocycles. The number of imide groups is 2. The predicted octanol–water partition coefficient (Wildman–Crippen LogP) is 4.79. The molecule has 0 bridgehead atoms. The normalized spacial score (nSPS) is 23.8. The Morgan fingerprint density at radius 1 is 0.857 bits per heavy atom. The number of amides is 5. The van der Waals surface area contributed by atoms with Crippen molar-refractivity contribution in [1.29, 1.82) is 5.26 Å². The zero-order valence-electron chi connectivity index (χ0n) is 41.4. The number of nitrogens with zero attached hydrogens (tertiary/aromatic N) is 6. The van der Waals surface area contributed by atoms with Gasteiger partial charge in [0.05, 0.1) is 61.4 Å². The van der Waals surface area contributed by atoms with Crippen LogP contribution in [0.3, 0.4) is 0 Å². The minimum atomic E-state index is -1.03. The van der Waals surface area contributed by atoms with Gasteiger partial charge in [0.2, 0.25) is 17.8 Å². The molecular weight excluding hydrogens is 897 g/mol. The molecule has 2 saturated heterocycles. The van der Waals surface area contributed by atoms with Gasteiger partial charge in [0.25, 0.3) is 17.7 Å². The van der Waals surface area contributed by atoms with Crippen LogP contribution < -0.4 is 25.0 Å². The fourth-order valence-electron chi connectivity index (χ4n) is 11.3. The zero-order valence-corrected chi connectivity index (χ0v) is 41.4. The number of aryl methyl sites for hydroxylation is 2. The number of aromatic nitrogens is 2. The summed E-state index contributed by atoms with van der Waals surface area (Å²) in [7, 11) is 1.64. The maximum atomic E-state index is 13.6. The number of nitrogens with one attached hydrogen (secondary N) is 2. The summed E-state index contributed by atoms with van der Waals surface area (Å²) >= 11 is 0. The van der Waals surface area contributed by atoms with Gasteiger partial charge in [-0.1, -0.05) is 27.7 Å². The number of rotatable bonds is 20. The van der Waals surface area contributed by atoms with Gasteiger partial charge in [0, 0.05) is 87.9 Å². The van der Waals surface area contributed by atoms with Crippen molar-refractivity contribution in [2.75, 3.05) is 71.2 Å². The zero-order chi connectivity index (χ0) is 49.9. The quantitative estimate of drug-likeness (QED) is 0.115. The van der Waals surface area contributed by atoms with Gasteiger partial charge in [0.15, 0.2) is 0 Å². The van der Waals surface area contributed by atoms with Crippen molar-refractivity contribution in [3.63, 3.8) is 0 Å². The third-order valence-electron chi connectivity index (χ3n) is 14.9. The smallest absolute Gasteiger partial charge is 0.262 e. The highest BCUT2D eigenvalue weighted by Crippen LogP contribution is 2.55. The molecule has 0 radical (unpaired) electrons. The summed E-state index contributed by atoms with van der Waals surface area (Å²) in [6, 6.07) is 9.98. The van der Waals surface area contributed by atoms with E-state index < -0.39 is 29.7 Å². The van der Waals surface area contributed by atoms with E-state index in [0.29, 0.717) is 67.5 Å². The fourth-order valence-corrected chi connectivity index (χ4v) is 11.3. The molecule has 2 aromatic carbocycles. The molecule has 374 valence electrons. The van der Waals surface area contributed by atoms with Crippen LogP contribution in [-0.2, 0) is 23.8 Å². The molecule has 2 saturated carbocycles. The summed E-state index contributed by atoms with van der Waals surface area (Å²) in [5.41, 5.74) is 2.45. The van der Waals surface area contributed by atoms with Crippen LogP contribution in [0.25, 0.3) is 0 Å². The van der Waals surface area contributed by atoms with Gasteiger partial charge in [-0.15, -0.1) is 0 Å². The third kappa shape index (κ3) is 10.5. The summed E-state index contributed by atoms with van der Waals surface area (Å²) in [6.45, 7) is 18.0. The van der Waals surface area contributed by atoms with E-state index in [2.05, 4.69) is 64.2 Å². The number of nitriles is 1. The Hall–Kier alpha value is -6.00. The number of ether oxygens (including phenoxy) is 5. The first-order chi connectivity index (χ1) is 33.5. The number of carbonyl (C=O) groups is 5. The molecule has 8 rings (SSSR count). The molecule has 1 atom stereocenters. The third-order valence-corrected chi connectivity index (χ3v) is 14.9. The standard InChI is InChI=1S/C52H66N8O10/c1-31-22-37(23-32(2)41(31)27-53)70-49-51(3,4)48(52(49,5)6)57-44(62)34-28-54-50(55-29-34)58-14-12-33(13-15-58)30-59(16-17-67-20-21-68-19-18-66-7)35-24-38(25-35)69-36-8-9-39-40(26-36)47(65)60(46(39)64)42-10-11-43(61)56-45(42)63/h8-9,22-23,26,28-29,33,35,38,42,48-49H,10-21,24-25,30H2,1-7H3,(H,57,62)(H,56,61,63). The van der Waals surface area contributed by atoms with E-state index in [1.807, 2.05) is 26.0 Å². The summed E-state index contributed by atoms with van der Waals surface area (Å²) in [5.74, 6) is -0.186. The Morgan fingerprint density at radius 2 is 1.50 bits per heavy atom. The lowest BCUT2D eigenvalue weighted by molar-refractivity contribution is -0.164. The molecule has 1 unspecified atom stereocenters. The molecular formula is C52H66N8O10. The number of hydrogen-bond donors (Lipinski definition) is 2. The Labute approximate surface area is 409 Å². The minimum absolute atomic E-state index is 0.0561. The van der Waals surface area contributed by atoms with Crippen LogP contribution in [0.15, 0.2) is 42.7 Å². The monoisotopic (exact) mass is 962 g/mol. The van der Waals surface area contributed by atoms with E-state index >= 15 is 0 Å². The first-order valence-electron chi connectivity index (χ1n) is 24.5. The minimum Gasteiger partial charge on any atom is -0.490 e. The number of carbonyl (C=O) groups excluding carboxylic acids is 5. The average molecular weight is 963 g/mol. The van der Waals surface area contributed by atoms with Gasteiger partial charge in [-0.2, -0.15) is 5.26 Å². The predicted molar refractivity (Wildman–Crippen MR) is 256 cm³/mol. The van der Waals surface area contributed by atoms with Crippen molar-refractivity contribution in [2.45, 2.75) is 110 Å². The highest BCUT2D eigenvalue weighted by molar-refractivity contribution is 6.23. The van der Waals surface area contributed by atoms with Crippen molar-refractivity contribution < 1.29 is 47.7 Å². The highest BCUT2D eigenvalue weighted by Gasteiger charge is 2.64. The van der Waals surface area contributed by atoms with E-state index in [1.54, 1.807) is 37.7 Å². The average Bonchev–Trinajstić information content (AvgIpc) is 3.56.